The number of rotatable bonds is 7. The zero-order valence-electron chi connectivity index (χ0n) is 20.3. The van der Waals surface area contributed by atoms with Gasteiger partial charge in [-0.25, -0.2) is 4.79 Å². The van der Waals surface area contributed by atoms with Gasteiger partial charge in [-0.2, -0.15) is 0 Å². The summed E-state index contributed by atoms with van der Waals surface area (Å²) in [5.74, 6) is 0.213. The molecule has 190 valence electrons. The predicted molar refractivity (Wildman–Crippen MR) is 141 cm³/mol. The Labute approximate surface area is 215 Å². The number of amides is 4. The number of likely N-dealkylation sites (N-methyl/N-ethyl adjacent to an activating group) is 1. The van der Waals surface area contributed by atoms with Crippen molar-refractivity contribution in [1.82, 2.24) is 9.80 Å². The van der Waals surface area contributed by atoms with E-state index in [1.807, 2.05) is 19.2 Å². The third-order valence-electron chi connectivity index (χ3n) is 6.50. The van der Waals surface area contributed by atoms with Crippen LogP contribution in [0.2, 0.25) is 5.02 Å². The van der Waals surface area contributed by atoms with Gasteiger partial charge in [0.15, 0.2) is 0 Å². The van der Waals surface area contributed by atoms with Crippen molar-refractivity contribution in [3.63, 3.8) is 0 Å². The fourth-order valence-electron chi connectivity index (χ4n) is 4.57. The van der Waals surface area contributed by atoms with Crippen LogP contribution in [0.4, 0.5) is 16.2 Å². The van der Waals surface area contributed by atoms with E-state index in [9.17, 15) is 14.4 Å². The summed E-state index contributed by atoms with van der Waals surface area (Å²) in [6.45, 7) is 2.91. The number of hydrogen-bond donors (Lipinski definition) is 2. The van der Waals surface area contributed by atoms with Gasteiger partial charge in [-0.1, -0.05) is 11.6 Å². The lowest BCUT2D eigenvalue weighted by Crippen LogP contribution is -2.52. The van der Waals surface area contributed by atoms with Crippen LogP contribution in [0.5, 0.6) is 0 Å². The summed E-state index contributed by atoms with van der Waals surface area (Å²) in [5, 5.41) is 3.34. The van der Waals surface area contributed by atoms with E-state index < -0.39 is 18.0 Å². The van der Waals surface area contributed by atoms with Crippen molar-refractivity contribution >= 4 is 46.7 Å². The maximum Gasteiger partial charge on any atom is 0.320 e. The average Bonchev–Trinajstić information content (AvgIpc) is 3.31. The molecular formula is C26H31ClN6O3. The van der Waals surface area contributed by atoms with Gasteiger partial charge in [-0.15, -0.1) is 0 Å². The summed E-state index contributed by atoms with van der Waals surface area (Å²) in [6.07, 6.45) is 2.74. The Morgan fingerprint density at radius 3 is 2.28 bits per heavy atom. The number of likely N-dealkylation sites (tertiary alicyclic amines) is 1. The Hall–Kier alpha value is -3.59. The first kappa shape index (κ1) is 25.5. The highest BCUT2D eigenvalue weighted by Gasteiger charge is 2.34. The Balaban J connectivity index is 1.57. The molecule has 1 fully saturated rings. The van der Waals surface area contributed by atoms with Gasteiger partial charge in [-0.05, 0) is 67.8 Å². The first-order valence-electron chi connectivity index (χ1n) is 12.1. The summed E-state index contributed by atoms with van der Waals surface area (Å²) in [4.78, 5) is 48.7. The van der Waals surface area contributed by atoms with Crippen LogP contribution >= 0.6 is 11.6 Å². The number of carbonyl (C=O) groups excluding carboxylic acids is 3. The van der Waals surface area contributed by atoms with E-state index in [1.165, 1.54) is 0 Å². The molecule has 2 aromatic rings. The number of nitrogens with zero attached hydrogens (tertiary/aromatic N) is 4. The van der Waals surface area contributed by atoms with Crippen LogP contribution < -0.4 is 16.0 Å². The van der Waals surface area contributed by atoms with Crippen LogP contribution in [-0.2, 0) is 9.59 Å². The molecule has 1 atom stereocenters. The van der Waals surface area contributed by atoms with Crippen LogP contribution in [0.1, 0.15) is 31.2 Å². The lowest BCUT2D eigenvalue weighted by Gasteiger charge is -2.32. The minimum absolute atomic E-state index is 0.183. The van der Waals surface area contributed by atoms with Crippen LogP contribution in [-0.4, -0.2) is 72.7 Å². The van der Waals surface area contributed by atoms with Gasteiger partial charge in [0.1, 0.15) is 11.9 Å². The van der Waals surface area contributed by atoms with E-state index in [2.05, 4.69) is 15.2 Å². The van der Waals surface area contributed by atoms with Crippen LogP contribution in [0.3, 0.4) is 0 Å². The average molecular weight is 511 g/mol. The highest BCUT2D eigenvalue weighted by Crippen LogP contribution is 2.24. The molecule has 9 nitrogen and oxygen atoms in total. The molecular weight excluding hydrogens is 480 g/mol. The number of nitrogens with one attached hydrogen (secondary N) is 1. The summed E-state index contributed by atoms with van der Waals surface area (Å²) >= 11 is 6.01. The Kier molecular flexibility index (Phi) is 8.10. The number of nitrogens with two attached hydrogens (primary N) is 1. The Bertz CT molecular complexity index is 1130. The maximum absolute atomic E-state index is 13.5. The Morgan fingerprint density at radius 2 is 1.69 bits per heavy atom. The number of halogens is 1. The maximum atomic E-state index is 13.5. The highest BCUT2D eigenvalue weighted by molar-refractivity contribution is 6.30. The summed E-state index contributed by atoms with van der Waals surface area (Å²) in [6, 6.07) is 11.8. The Morgan fingerprint density at radius 1 is 1.03 bits per heavy atom. The van der Waals surface area contributed by atoms with Gasteiger partial charge in [0.2, 0.25) is 11.8 Å². The van der Waals surface area contributed by atoms with Gasteiger partial charge in [0.05, 0.1) is 13.0 Å². The second-order valence-electron chi connectivity index (χ2n) is 9.04. The van der Waals surface area contributed by atoms with Crippen LogP contribution in [0.15, 0.2) is 53.5 Å². The third-order valence-corrected chi connectivity index (χ3v) is 6.75. The van der Waals surface area contributed by atoms with Gasteiger partial charge in [0, 0.05) is 48.6 Å². The van der Waals surface area contributed by atoms with Crippen molar-refractivity contribution in [3.05, 3.63) is 59.1 Å². The van der Waals surface area contributed by atoms with Gasteiger partial charge in [-0.3, -0.25) is 19.5 Å². The molecule has 36 heavy (non-hydrogen) atoms. The summed E-state index contributed by atoms with van der Waals surface area (Å²) in [7, 11) is 1.99. The molecule has 10 heteroatoms. The lowest BCUT2D eigenvalue weighted by atomic mass is 10.1. The molecule has 0 radical (unpaired) electrons. The monoisotopic (exact) mass is 510 g/mol. The molecule has 1 saturated heterocycles. The molecule has 2 aromatic carbocycles. The number of hydrogen-bond acceptors (Lipinski definition) is 5. The summed E-state index contributed by atoms with van der Waals surface area (Å²) < 4.78 is 0. The first-order chi connectivity index (χ1) is 17.3. The molecule has 2 heterocycles. The predicted octanol–water partition coefficient (Wildman–Crippen LogP) is 3.33. The van der Waals surface area contributed by atoms with E-state index >= 15 is 0 Å². The highest BCUT2D eigenvalue weighted by atomic mass is 35.5. The number of benzene rings is 2. The smallest absolute Gasteiger partial charge is 0.320 e. The van der Waals surface area contributed by atoms with E-state index in [1.54, 1.807) is 41.3 Å². The van der Waals surface area contributed by atoms with E-state index in [-0.39, 0.29) is 12.3 Å². The van der Waals surface area contributed by atoms with Crippen molar-refractivity contribution in [1.29, 1.82) is 0 Å². The zero-order chi connectivity index (χ0) is 25.7. The van der Waals surface area contributed by atoms with Crippen molar-refractivity contribution in [2.45, 2.75) is 31.7 Å². The second-order valence-corrected chi connectivity index (χ2v) is 9.48. The lowest BCUT2D eigenvalue weighted by molar-refractivity contribution is -0.134. The second kappa shape index (κ2) is 11.4. The fourth-order valence-corrected chi connectivity index (χ4v) is 4.70. The first-order valence-corrected chi connectivity index (χ1v) is 12.5. The number of anilines is 2. The largest absolute Gasteiger partial charge is 0.358 e. The van der Waals surface area contributed by atoms with Gasteiger partial charge < -0.3 is 20.9 Å². The molecule has 3 N–H and O–H groups in total. The molecule has 0 aliphatic carbocycles. The SMILES string of the molecule is CN1CCN=C1c1ccc(NC(=O)C(CC(=O)N2CCCCC2)N(C(N)=O)c2ccc(Cl)cc2)cc1. The summed E-state index contributed by atoms with van der Waals surface area (Å²) in [5.41, 5.74) is 7.60. The van der Waals surface area contributed by atoms with Gasteiger partial charge >= 0.3 is 6.03 Å². The number of primary amides is 1. The quantitative estimate of drug-likeness (QED) is 0.595. The number of aliphatic imine (C=N–C) groups is 1. The molecule has 2 aliphatic rings. The van der Waals surface area contributed by atoms with Crippen molar-refractivity contribution < 1.29 is 14.4 Å². The van der Waals surface area contributed by atoms with Crippen LogP contribution in [0.25, 0.3) is 0 Å². The number of carbonyl (C=O) groups is 3. The van der Waals surface area contributed by atoms with E-state index in [4.69, 9.17) is 17.3 Å². The molecule has 4 rings (SSSR count). The molecule has 0 saturated carbocycles. The normalized spacial score (nSPS) is 16.3. The number of amidine groups is 1. The molecule has 0 bridgehead atoms. The third kappa shape index (κ3) is 5.96. The van der Waals surface area contributed by atoms with Crippen LogP contribution in [0, 0.1) is 0 Å². The topological polar surface area (TPSA) is 111 Å². The zero-order valence-corrected chi connectivity index (χ0v) is 21.1. The van der Waals surface area contributed by atoms with E-state index in [0.717, 1.165) is 48.7 Å². The minimum atomic E-state index is -1.14. The molecule has 0 spiro atoms. The molecule has 4 amide bonds. The molecule has 0 aromatic heterocycles. The fraction of sp³-hybridized carbons (Fsp3) is 0.385. The number of urea groups is 1. The minimum Gasteiger partial charge on any atom is -0.358 e. The standard InChI is InChI=1S/C26H31ClN6O3/c1-31-16-13-29-24(31)18-5-9-20(10-6-18)30-25(35)22(17-23(34)32-14-3-2-4-15-32)33(26(28)36)21-11-7-19(27)8-12-21/h5-12,22H,2-4,13-17H2,1H3,(H2,28,36)(H,30,35). The number of piperidine rings is 1. The molecule has 2 aliphatic heterocycles. The molecule has 1 unspecified atom stereocenters. The van der Waals surface area contributed by atoms with Crippen molar-refractivity contribution in [2.24, 2.45) is 10.7 Å². The van der Waals surface area contributed by atoms with Gasteiger partial charge in [0.25, 0.3) is 0 Å². The van der Waals surface area contributed by atoms with Crippen molar-refractivity contribution in [3.8, 4) is 0 Å². The van der Waals surface area contributed by atoms with E-state index in [0.29, 0.717) is 29.5 Å². The van der Waals surface area contributed by atoms with Crippen molar-refractivity contribution in [2.75, 3.05) is 43.4 Å².